The first-order chi connectivity index (χ1) is 13.3. The van der Waals surface area contributed by atoms with E-state index in [0.717, 1.165) is 9.87 Å². The van der Waals surface area contributed by atoms with Gasteiger partial charge in [0.2, 0.25) is 10.0 Å². The molecule has 2 aromatic rings. The number of hydrogen-bond acceptors (Lipinski definition) is 4. The number of nitrogens with one attached hydrogen (secondary N) is 2. The molecular weight excluding hydrogens is 382 g/mol. The van der Waals surface area contributed by atoms with Crippen molar-refractivity contribution in [3.05, 3.63) is 54.1 Å². The van der Waals surface area contributed by atoms with Crippen LogP contribution >= 0.6 is 0 Å². The second-order valence-corrected chi connectivity index (χ2v) is 8.47. The lowest BCUT2D eigenvalue weighted by Gasteiger charge is -2.21. The number of urea groups is 1. The van der Waals surface area contributed by atoms with Crippen molar-refractivity contribution in [1.82, 2.24) is 4.31 Å². The van der Waals surface area contributed by atoms with Crippen LogP contribution in [0.5, 0.6) is 0 Å². The minimum Gasteiger partial charge on any atom is -0.480 e. The molecule has 9 heteroatoms. The topological polar surface area (TPSA) is 116 Å². The van der Waals surface area contributed by atoms with Crippen LogP contribution in [0.4, 0.5) is 16.2 Å². The normalized spacial score (nSPS) is 17.2. The second kappa shape index (κ2) is 7.99. The number of rotatable bonds is 5. The molecule has 148 valence electrons. The van der Waals surface area contributed by atoms with Crippen LogP contribution in [0.3, 0.4) is 0 Å². The van der Waals surface area contributed by atoms with Crippen LogP contribution in [0.1, 0.15) is 18.4 Å². The van der Waals surface area contributed by atoms with Crippen molar-refractivity contribution >= 4 is 33.4 Å². The highest BCUT2D eigenvalue weighted by atomic mass is 32.2. The Hall–Kier alpha value is -2.91. The van der Waals surface area contributed by atoms with E-state index >= 15 is 0 Å². The van der Waals surface area contributed by atoms with Crippen LogP contribution in [-0.4, -0.2) is 42.4 Å². The van der Waals surface area contributed by atoms with E-state index in [1.165, 1.54) is 24.3 Å². The van der Waals surface area contributed by atoms with Crippen LogP contribution < -0.4 is 10.6 Å². The molecule has 1 saturated heterocycles. The van der Waals surface area contributed by atoms with Crippen molar-refractivity contribution in [2.75, 3.05) is 17.2 Å². The molecule has 0 unspecified atom stereocenters. The molecule has 8 nitrogen and oxygen atoms in total. The molecule has 3 N–H and O–H groups in total. The van der Waals surface area contributed by atoms with Gasteiger partial charge in [-0.2, -0.15) is 4.31 Å². The van der Waals surface area contributed by atoms with Crippen molar-refractivity contribution in [2.24, 2.45) is 0 Å². The molecule has 28 heavy (non-hydrogen) atoms. The molecule has 2 aromatic carbocycles. The first-order valence-electron chi connectivity index (χ1n) is 8.77. The summed E-state index contributed by atoms with van der Waals surface area (Å²) >= 11 is 0. The van der Waals surface area contributed by atoms with E-state index in [2.05, 4.69) is 10.6 Å². The number of amides is 2. The Labute approximate surface area is 163 Å². The number of sulfonamides is 1. The highest BCUT2D eigenvalue weighted by molar-refractivity contribution is 7.89. The number of nitrogens with zero attached hydrogens (tertiary/aromatic N) is 1. The van der Waals surface area contributed by atoms with E-state index in [1.54, 1.807) is 12.1 Å². The third kappa shape index (κ3) is 4.32. The maximum Gasteiger partial charge on any atom is 0.323 e. The minimum absolute atomic E-state index is 0.00913. The van der Waals surface area contributed by atoms with E-state index < -0.39 is 28.1 Å². The van der Waals surface area contributed by atoms with Gasteiger partial charge in [-0.05, 0) is 56.2 Å². The van der Waals surface area contributed by atoms with Gasteiger partial charge in [0, 0.05) is 17.9 Å². The number of carboxylic acids is 1. The average Bonchev–Trinajstić information content (AvgIpc) is 3.15. The second-order valence-electron chi connectivity index (χ2n) is 6.58. The smallest absolute Gasteiger partial charge is 0.323 e. The molecule has 0 spiro atoms. The van der Waals surface area contributed by atoms with Gasteiger partial charge in [0.05, 0.1) is 4.90 Å². The maximum atomic E-state index is 12.7. The summed E-state index contributed by atoms with van der Waals surface area (Å²) in [4.78, 5) is 23.3. The van der Waals surface area contributed by atoms with Crippen LogP contribution in [0.15, 0.2) is 53.4 Å². The van der Waals surface area contributed by atoms with E-state index in [4.69, 9.17) is 0 Å². The monoisotopic (exact) mass is 403 g/mol. The van der Waals surface area contributed by atoms with E-state index in [-0.39, 0.29) is 11.4 Å². The molecule has 1 fully saturated rings. The number of carbonyl (C=O) groups is 2. The molecule has 1 heterocycles. The number of benzene rings is 2. The number of hydrogen-bond donors (Lipinski definition) is 3. The van der Waals surface area contributed by atoms with Gasteiger partial charge in [-0.15, -0.1) is 0 Å². The third-order valence-electron chi connectivity index (χ3n) is 4.52. The Morgan fingerprint density at radius 1 is 1.00 bits per heavy atom. The highest BCUT2D eigenvalue weighted by Gasteiger charge is 2.39. The first kappa shape index (κ1) is 19.8. The SMILES string of the molecule is Cc1ccc(NC(=O)Nc2ccc(S(=O)(=O)N3CCC[C@H]3C(=O)O)cc2)cc1. The van der Waals surface area contributed by atoms with Crippen LogP contribution in [0.2, 0.25) is 0 Å². The first-order valence-corrected chi connectivity index (χ1v) is 10.2. The van der Waals surface area contributed by atoms with E-state index in [9.17, 15) is 23.1 Å². The molecule has 0 radical (unpaired) electrons. The number of aryl methyl sites for hydroxylation is 1. The van der Waals surface area contributed by atoms with E-state index in [1.807, 2.05) is 19.1 Å². The molecule has 3 rings (SSSR count). The Morgan fingerprint density at radius 2 is 1.54 bits per heavy atom. The highest BCUT2D eigenvalue weighted by Crippen LogP contribution is 2.27. The Kier molecular flexibility index (Phi) is 5.66. The van der Waals surface area contributed by atoms with Crippen LogP contribution in [0, 0.1) is 6.92 Å². The van der Waals surface area contributed by atoms with Gasteiger partial charge in [0.25, 0.3) is 0 Å². The molecule has 1 aliphatic heterocycles. The molecule has 1 aliphatic rings. The Bertz CT molecular complexity index is 972. The molecule has 1 atom stereocenters. The fourth-order valence-electron chi connectivity index (χ4n) is 3.05. The fourth-order valence-corrected chi connectivity index (χ4v) is 4.70. The molecule has 0 bridgehead atoms. The quantitative estimate of drug-likeness (QED) is 0.710. The zero-order valence-corrected chi connectivity index (χ0v) is 16.1. The predicted octanol–water partition coefficient (Wildman–Crippen LogP) is 2.88. The largest absolute Gasteiger partial charge is 0.480 e. The average molecular weight is 403 g/mol. The van der Waals surface area contributed by atoms with Gasteiger partial charge in [-0.1, -0.05) is 17.7 Å². The fraction of sp³-hybridized carbons (Fsp3) is 0.263. The number of aliphatic carboxylic acids is 1. The van der Waals surface area contributed by atoms with Gasteiger partial charge in [-0.3, -0.25) is 4.79 Å². The maximum absolute atomic E-state index is 12.7. The third-order valence-corrected chi connectivity index (χ3v) is 6.44. The summed E-state index contributed by atoms with van der Waals surface area (Å²) in [6.07, 6.45) is 0.808. The van der Waals surface area contributed by atoms with Crippen molar-refractivity contribution in [3.8, 4) is 0 Å². The van der Waals surface area contributed by atoms with Crippen molar-refractivity contribution in [3.63, 3.8) is 0 Å². The number of anilines is 2. The lowest BCUT2D eigenvalue weighted by Crippen LogP contribution is -2.40. The molecule has 2 amide bonds. The van der Waals surface area contributed by atoms with E-state index in [0.29, 0.717) is 24.2 Å². The number of carboxylic acid groups (broad SMARTS) is 1. The summed E-state index contributed by atoms with van der Waals surface area (Å²) in [5.74, 6) is -1.15. The zero-order chi connectivity index (χ0) is 20.3. The van der Waals surface area contributed by atoms with Gasteiger partial charge in [0.1, 0.15) is 6.04 Å². The van der Waals surface area contributed by atoms with Crippen LogP contribution in [-0.2, 0) is 14.8 Å². The minimum atomic E-state index is -3.91. The Balaban J connectivity index is 1.68. The Morgan fingerprint density at radius 3 is 2.07 bits per heavy atom. The summed E-state index contributed by atoms with van der Waals surface area (Å²) in [5.41, 5.74) is 2.13. The molecule has 0 aromatic heterocycles. The zero-order valence-electron chi connectivity index (χ0n) is 15.3. The van der Waals surface area contributed by atoms with Gasteiger partial charge in [-0.25, -0.2) is 13.2 Å². The van der Waals surface area contributed by atoms with Crippen molar-refractivity contribution in [1.29, 1.82) is 0 Å². The van der Waals surface area contributed by atoms with Crippen molar-refractivity contribution in [2.45, 2.75) is 30.7 Å². The summed E-state index contributed by atoms with van der Waals surface area (Å²) in [6, 6.07) is 11.4. The lowest BCUT2D eigenvalue weighted by atomic mass is 10.2. The summed E-state index contributed by atoms with van der Waals surface area (Å²) in [7, 11) is -3.91. The van der Waals surface area contributed by atoms with Gasteiger partial charge in [0.15, 0.2) is 0 Å². The van der Waals surface area contributed by atoms with Crippen molar-refractivity contribution < 1.29 is 23.1 Å². The molecule has 0 aliphatic carbocycles. The van der Waals surface area contributed by atoms with Crippen LogP contribution in [0.25, 0.3) is 0 Å². The summed E-state index contributed by atoms with van der Waals surface area (Å²) < 4.78 is 26.4. The summed E-state index contributed by atoms with van der Waals surface area (Å²) in [6.45, 7) is 2.12. The molecular formula is C19H21N3O5S. The lowest BCUT2D eigenvalue weighted by molar-refractivity contribution is -0.140. The standard InChI is InChI=1S/C19H21N3O5S/c1-13-4-6-14(7-5-13)20-19(25)21-15-8-10-16(11-9-15)28(26,27)22-12-2-3-17(22)18(23)24/h4-11,17H,2-3,12H2,1H3,(H,23,24)(H2,20,21,25)/t17-/m0/s1. The summed E-state index contributed by atoms with van der Waals surface area (Å²) in [5, 5.41) is 14.5. The van der Waals surface area contributed by atoms with Gasteiger partial charge >= 0.3 is 12.0 Å². The van der Waals surface area contributed by atoms with Gasteiger partial charge < -0.3 is 15.7 Å². The predicted molar refractivity (Wildman–Crippen MR) is 105 cm³/mol. The number of carbonyl (C=O) groups excluding carboxylic acids is 1. The molecule has 0 saturated carbocycles.